The van der Waals surface area contributed by atoms with E-state index in [1.807, 2.05) is 42.6 Å². The lowest BCUT2D eigenvalue weighted by Gasteiger charge is -2.00. The van der Waals surface area contributed by atoms with Crippen molar-refractivity contribution in [3.63, 3.8) is 0 Å². The van der Waals surface area contributed by atoms with Gasteiger partial charge in [-0.2, -0.15) is 0 Å². The Bertz CT molecular complexity index is 1070. The highest BCUT2D eigenvalue weighted by Gasteiger charge is 2.24. The smallest absolute Gasteiger partial charge is 0.256 e. The fraction of sp³-hybridized carbons (Fsp3) is 0.0526. The van der Waals surface area contributed by atoms with Gasteiger partial charge in [-0.1, -0.05) is 35.9 Å². The van der Waals surface area contributed by atoms with Crippen LogP contribution in [0.15, 0.2) is 48.7 Å². The van der Waals surface area contributed by atoms with Gasteiger partial charge in [0.05, 0.1) is 5.69 Å². The molecular formula is C19H14ClN3O2. The molecule has 1 aliphatic rings. The summed E-state index contributed by atoms with van der Waals surface area (Å²) in [6, 6.07) is 13.0. The Hall–Kier alpha value is -3.05. The standard InChI is InChI=1S/C19H14ClN3O2/c20-12-5-6-14-15(19(25)22-16(14)8-12)7-11-9-23(10-18(21)24)17-4-2-1-3-13(11)17/h1-9H,10H2,(H2,21,24)(H,22,25)/b15-7+. The lowest BCUT2D eigenvalue weighted by Crippen LogP contribution is -2.17. The minimum Gasteiger partial charge on any atom is -0.368 e. The van der Waals surface area contributed by atoms with E-state index in [9.17, 15) is 9.59 Å². The van der Waals surface area contributed by atoms with E-state index >= 15 is 0 Å². The lowest BCUT2D eigenvalue weighted by molar-refractivity contribution is -0.118. The molecule has 4 rings (SSSR count). The zero-order valence-corrected chi connectivity index (χ0v) is 13.9. The van der Waals surface area contributed by atoms with E-state index < -0.39 is 5.91 Å². The molecule has 2 heterocycles. The minimum absolute atomic E-state index is 0.0854. The summed E-state index contributed by atoms with van der Waals surface area (Å²) in [7, 11) is 0. The van der Waals surface area contributed by atoms with Crippen molar-refractivity contribution in [3.8, 4) is 0 Å². The summed E-state index contributed by atoms with van der Waals surface area (Å²) in [5, 5.41) is 4.34. The summed E-state index contributed by atoms with van der Waals surface area (Å²) in [6.45, 7) is 0.0854. The number of primary amides is 1. The summed E-state index contributed by atoms with van der Waals surface area (Å²) < 4.78 is 1.79. The lowest BCUT2D eigenvalue weighted by atomic mass is 10.0. The number of nitrogens with two attached hydrogens (primary N) is 1. The molecule has 0 aliphatic carbocycles. The molecule has 2 amide bonds. The van der Waals surface area contributed by atoms with Crippen molar-refractivity contribution in [1.82, 2.24) is 4.57 Å². The van der Waals surface area contributed by atoms with Crippen molar-refractivity contribution >= 4 is 51.7 Å². The van der Waals surface area contributed by atoms with Crippen LogP contribution in [0.4, 0.5) is 5.69 Å². The number of aromatic nitrogens is 1. The molecule has 0 atom stereocenters. The summed E-state index contributed by atoms with van der Waals surface area (Å²) in [5.74, 6) is -0.595. The second-order valence-electron chi connectivity index (χ2n) is 5.90. The van der Waals surface area contributed by atoms with Crippen molar-refractivity contribution in [2.24, 2.45) is 5.73 Å². The fourth-order valence-corrected chi connectivity index (χ4v) is 3.33. The zero-order chi connectivity index (χ0) is 17.6. The van der Waals surface area contributed by atoms with Gasteiger partial charge in [-0.05, 0) is 24.3 Å². The number of amides is 2. The third-order valence-corrected chi connectivity index (χ3v) is 4.45. The van der Waals surface area contributed by atoms with Crippen LogP contribution >= 0.6 is 11.6 Å². The largest absolute Gasteiger partial charge is 0.368 e. The topological polar surface area (TPSA) is 77.1 Å². The van der Waals surface area contributed by atoms with E-state index in [4.69, 9.17) is 17.3 Å². The maximum Gasteiger partial charge on any atom is 0.256 e. The molecule has 0 saturated carbocycles. The van der Waals surface area contributed by atoms with E-state index in [2.05, 4.69) is 5.32 Å². The van der Waals surface area contributed by atoms with Gasteiger partial charge in [0.15, 0.2) is 0 Å². The van der Waals surface area contributed by atoms with Crippen molar-refractivity contribution in [1.29, 1.82) is 0 Å². The normalized spacial score (nSPS) is 14.8. The molecule has 0 spiro atoms. The Labute approximate surface area is 148 Å². The number of para-hydroxylation sites is 1. The number of hydrogen-bond acceptors (Lipinski definition) is 2. The number of carbonyl (C=O) groups is 2. The first kappa shape index (κ1) is 15.5. The van der Waals surface area contributed by atoms with Gasteiger partial charge in [0.2, 0.25) is 5.91 Å². The number of nitrogens with one attached hydrogen (secondary N) is 1. The van der Waals surface area contributed by atoms with E-state index in [0.29, 0.717) is 16.3 Å². The van der Waals surface area contributed by atoms with Gasteiger partial charge in [-0.15, -0.1) is 0 Å². The molecule has 1 aromatic heterocycles. The molecular weight excluding hydrogens is 338 g/mol. The highest BCUT2D eigenvalue weighted by Crippen LogP contribution is 2.36. The number of halogens is 1. The Kier molecular flexibility index (Phi) is 3.58. The maximum absolute atomic E-state index is 12.4. The highest BCUT2D eigenvalue weighted by atomic mass is 35.5. The van der Waals surface area contributed by atoms with Gasteiger partial charge in [0.1, 0.15) is 6.54 Å². The van der Waals surface area contributed by atoms with Gasteiger partial charge in [0.25, 0.3) is 5.91 Å². The van der Waals surface area contributed by atoms with Gasteiger partial charge < -0.3 is 15.6 Å². The molecule has 3 N–H and O–H groups in total. The van der Waals surface area contributed by atoms with Crippen LogP contribution in [0, 0.1) is 0 Å². The van der Waals surface area contributed by atoms with Crippen LogP contribution in [-0.2, 0) is 16.1 Å². The molecule has 3 aromatic rings. The molecule has 6 heteroatoms. The van der Waals surface area contributed by atoms with Crippen LogP contribution in [0.1, 0.15) is 11.1 Å². The number of fused-ring (bicyclic) bond motifs is 2. The van der Waals surface area contributed by atoms with Gasteiger partial charge >= 0.3 is 0 Å². The summed E-state index contributed by atoms with van der Waals surface area (Å²) >= 11 is 5.99. The Morgan fingerprint density at radius 3 is 2.84 bits per heavy atom. The molecule has 0 radical (unpaired) electrons. The zero-order valence-electron chi connectivity index (χ0n) is 13.1. The monoisotopic (exact) mass is 351 g/mol. The number of carbonyl (C=O) groups excluding carboxylic acids is 2. The number of rotatable bonds is 3. The number of nitrogens with zero attached hydrogens (tertiary/aromatic N) is 1. The van der Waals surface area contributed by atoms with Crippen molar-refractivity contribution < 1.29 is 9.59 Å². The van der Waals surface area contributed by atoms with Crippen LogP contribution in [0.5, 0.6) is 0 Å². The second-order valence-corrected chi connectivity index (χ2v) is 6.33. The maximum atomic E-state index is 12.4. The van der Waals surface area contributed by atoms with Crippen LogP contribution in [0.25, 0.3) is 22.6 Å². The minimum atomic E-state index is -0.418. The summed E-state index contributed by atoms with van der Waals surface area (Å²) in [5.41, 5.74) is 9.15. The molecule has 1 aliphatic heterocycles. The Morgan fingerprint density at radius 2 is 2.04 bits per heavy atom. The van der Waals surface area contributed by atoms with Gasteiger partial charge in [0, 0.05) is 38.8 Å². The molecule has 2 aromatic carbocycles. The Morgan fingerprint density at radius 1 is 1.24 bits per heavy atom. The molecule has 0 bridgehead atoms. The van der Waals surface area contributed by atoms with E-state index in [1.165, 1.54) is 0 Å². The first-order chi connectivity index (χ1) is 12.0. The van der Waals surface area contributed by atoms with Crippen LogP contribution in [0.3, 0.4) is 0 Å². The first-order valence-corrected chi connectivity index (χ1v) is 8.10. The second kappa shape index (κ2) is 5.79. The summed E-state index contributed by atoms with van der Waals surface area (Å²) in [4.78, 5) is 23.7. The third kappa shape index (κ3) is 2.68. The molecule has 124 valence electrons. The quantitative estimate of drug-likeness (QED) is 0.710. The van der Waals surface area contributed by atoms with Crippen molar-refractivity contribution in [2.45, 2.75) is 6.54 Å². The Balaban J connectivity index is 1.88. The number of anilines is 1. The number of hydrogen-bond donors (Lipinski definition) is 2. The molecule has 5 nitrogen and oxygen atoms in total. The van der Waals surface area contributed by atoms with Crippen LogP contribution in [-0.4, -0.2) is 16.4 Å². The number of benzene rings is 2. The molecule has 0 fully saturated rings. The molecule has 25 heavy (non-hydrogen) atoms. The average molecular weight is 352 g/mol. The van der Waals surface area contributed by atoms with E-state index in [-0.39, 0.29) is 12.5 Å². The van der Waals surface area contributed by atoms with E-state index in [0.717, 1.165) is 22.0 Å². The van der Waals surface area contributed by atoms with Crippen LogP contribution < -0.4 is 11.1 Å². The van der Waals surface area contributed by atoms with Gasteiger partial charge in [-0.3, -0.25) is 9.59 Å². The average Bonchev–Trinajstić information content (AvgIpc) is 3.06. The van der Waals surface area contributed by atoms with Gasteiger partial charge in [-0.25, -0.2) is 0 Å². The molecule has 0 saturated heterocycles. The third-order valence-electron chi connectivity index (χ3n) is 4.21. The highest BCUT2D eigenvalue weighted by molar-refractivity contribution is 6.36. The predicted octanol–water partition coefficient (Wildman–Crippen LogP) is 3.27. The fourth-order valence-electron chi connectivity index (χ4n) is 3.15. The van der Waals surface area contributed by atoms with Crippen molar-refractivity contribution in [2.75, 3.05) is 5.32 Å². The van der Waals surface area contributed by atoms with Crippen molar-refractivity contribution in [3.05, 3.63) is 64.8 Å². The summed E-state index contributed by atoms with van der Waals surface area (Å²) in [6.07, 6.45) is 3.67. The SMILES string of the molecule is NC(=O)Cn1cc(/C=C2/C(=O)Nc3cc(Cl)ccc32)c2ccccc21. The predicted molar refractivity (Wildman–Crippen MR) is 99.1 cm³/mol. The molecule has 0 unspecified atom stereocenters. The van der Waals surface area contributed by atoms with E-state index in [1.54, 1.807) is 16.7 Å². The van der Waals surface area contributed by atoms with Crippen LogP contribution in [0.2, 0.25) is 5.02 Å². The first-order valence-electron chi connectivity index (χ1n) is 7.72.